The number of nitrogens with zero attached hydrogens (tertiary/aromatic N) is 3. The summed E-state index contributed by atoms with van der Waals surface area (Å²) in [6.07, 6.45) is 5.02. The largest absolute Gasteiger partial charge is 0.331 e. The van der Waals surface area contributed by atoms with Crippen LogP contribution in [0.2, 0.25) is 0 Å². The Bertz CT molecular complexity index is 706. The molecule has 7 heteroatoms. The van der Waals surface area contributed by atoms with Gasteiger partial charge in [0.05, 0.1) is 12.2 Å². The van der Waals surface area contributed by atoms with E-state index < -0.39 is 23.4 Å². The molecule has 22 heavy (non-hydrogen) atoms. The average molecular weight is 309 g/mol. The van der Waals surface area contributed by atoms with E-state index in [9.17, 15) is 18.0 Å². The van der Waals surface area contributed by atoms with Gasteiger partial charge in [-0.1, -0.05) is 0 Å². The van der Waals surface area contributed by atoms with Crippen molar-refractivity contribution in [3.63, 3.8) is 0 Å². The first-order valence-corrected chi connectivity index (χ1v) is 6.91. The van der Waals surface area contributed by atoms with Crippen molar-refractivity contribution < 1.29 is 18.0 Å². The molecule has 0 bridgehead atoms. The summed E-state index contributed by atoms with van der Waals surface area (Å²) in [5.41, 5.74) is 0.684. The minimum Gasteiger partial charge on any atom is -0.331 e. The van der Waals surface area contributed by atoms with Crippen molar-refractivity contribution in [2.75, 3.05) is 6.54 Å². The van der Waals surface area contributed by atoms with E-state index in [2.05, 4.69) is 5.10 Å². The first kappa shape index (κ1) is 14.6. The number of hydrogen-bond donors (Lipinski definition) is 0. The topological polar surface area (TPSA) is 38.1 Å². The molecule has 1 aliphatic rings. The van der Waals surface area contributed by atoms with Crippen LogP contribution in [0.25, 0.3) is 0 Å². The zero-order valence-corrected chi connectivity index (χ0v) is 11.9. The van der Waals surface area contributed by atoms with Crippen LogP contribution in [0.4, 0.5) is 13.2 Å². The zero-order chi connectivity index (χ0) is 15.9. The number of rotatable bonds is 2. The molecule has 0 spiro atoms. The van der Waals surface area contributed by atoms with Crippen LogP contribution in [0.3, 0.4) is 0 Å². The lowest BCUT2D eigenvalue weighted by molar-refractivity contribution is 0.0734. The maximum absolute atomic E-state index is 13.3. The number of hydrogen-bond acceptors (Lipinski definition) is 2. The second kappa shape index (κ2) is 5.47. The molecular weight excluding hydrogens is 295 g/mol. The summed E-state index contributed by atoms with van der Waals surface area (Å²) in [7, 11) is 1.77. The van der Waals surface area contributed by atoms with Gasteiger partial charge in [0.15, 0.2) is 17.5 Å². The van der Waals surface area contributed by atoms with Gasteiger partial charge in [-0.2, -0.15) is 5.10 Å². The summed E-state index contributed by atoms with van der Waals surface area (Å²) in [4.78, 5) is 14.0. The van der Waals surface area contributed by atoms with Crippen LogP contribution < -0.4 is 0 Å². The molecule has 1 aliphatic heterocycles. The van der Waals surface area contributed by atoms with E-state index in [4.69, 9.17) is 0 Å². The summed E-state index contributed by atoms with van der Waals surface area (Å²) >= 11 is 0. The van der Waals surface area contributed by atoms with Crippen molar-refractivity contribution in [3.8, 4) is 0 Å². The third-order valence-electron chi connectivity index (χ3n) is 3.85. The summed E-state index contributed by atoms with van der Waals surface area (Å²) in [6.45, 7) is 0.485. The van der Waals surface area contributed by atoms with Gasteiger partial charge in [0, 0.05) is 30.9 Å². The predicted octanol–water partition coefficient (Wildman–Crippen LogP) is 2.81. The predicted molar refractivity (Wildman–Crippen MR) is 72.5 cm³/mol. The maximum Gasteiger partial charge on any atom is 0.254 e. The van der Waals surface area contributed by atoms with Crippen LogP contribution in [0.15, 0.2) is 24.5 Å². The number of halogens is 3. The quantitative estimate of drug-likeness (QED) is 0.800. The monoisotopic (exact) mass is 309 g/mol. The Labute approximate surface area is 125 Å². The van der Waals surface area contributed by atoms with Crippen molar-refractivity contribution >= 4 is 5.91 Å². The normalized spacial score (nSPS) is 18.0. The van der Waals surface area contributed by atoms with Gasteiger partial charge in [-0.05, 0) is 25.0 Å². The van der Waals surface area contributed by atoms with Crippen molar-refractivity contribution in [1.29, 1.82) is 0 Å². The molecule has 1 unspecified atom stereocenters. The molecule has 4 nitrogen and oxygen atoms in total. The standard InChI is InChI=1S/C15H14F3N3O/c1-20-8-10(7-19-20)13-3-2-4-21(13)15(22)9-5-11(16)14(18)12(17)6-9/h5-8,13H,2-4H2,1H3. The molecule has 0 N–H and O–H groups in total. The zero-order valence-electron chi connectivity index (χ0n) is 11.9. The fourth-order valence-corrected chi connectivity index (χ4v) is 2.81. The van der Waals surface area contributed by atoms with Gasteiger partial charge in [-0.25, -0.2) is 13.2 Å². The van der Waals surface area contributed by atoms with Gasteiger partial charge in [0.1, 0.15) is 0 Å². The molecule has 2 aromatic rings. The molecule has 1 fully saturated rings. The van der Waals surface area contributed by atoms with E-state index in [1.807, 2.05) is 6.20 Å². The van der Waals surface area contributed by atoms with E-state index in [1.54, 1.807) is 22.8 Å². The highest BCUT2D eigenvalue weighted by Crippen LogP contribution is 2.33. The van der Waals surface area contributed by atoms with Gasteiger partial charge in [-0.3, -0.25) is 9.48 Å². The molecule has 0 aliphatic carbocycles. The summed E-state index contributed by atoms with van der Waals surface area (Å²) in [6, 6.07) is 1.29. The minimum absolute atomic E-state index is 0.183. The first-order valence-electron chi connectivity index (χ1n) is 6.91. The molecule has 2 heterocycles. The highest BCUT2D eigenvalue weighted by atomic mass is 19.2. The summed E-state index contributed by atoms with van der Waals surface area (Å²) < 4.78 is 41.3. The van der Waals surface area contributed by atoms with Crippen molar-refractivity contribution in [1.82, 2.24) is 14.7 Å². The second-order valence-corrected chi connectivity index (χ2v) is 5.36. The van der Waals surface area contributed by atoms with Gasteiger partial charge in [0.25, 0.3) is 5.91 Å². The Morgan fingerprint density at radius 1 is 1.27 bits per heavy atom. The molecule has 0 radical (unpaired) electrons. The lowest BCUT2D eigenvalue weighted by Gasteiger charge is -2.24. The Morgan fingerprint density at radius 2 is 1.95 bits per heavy atom. The summed E-state index contributed by atoms with van der Waals surface area (Å²) in [5, 5.41) is 4.08. The van der Waals surface area contributed by atoms with Gasteiger partial charge >= 0.3 is 0 Å². The minimum atomic E-state index is -1.57. The number of likely N-dealkylation sites (tertiary alicyclic amines) is 1. The van der Waals surface area contributed by atoms with E-state index in [-0.39, 0.29) is 11.6 Å². The van der Waals surface area contributed by atoms with Crippen LogP contribution >= 0.6 is 0 Å². The summed E-state index contributed by atoms with van der Waals surface area (Å²) in [5.74, 6) is -4.80. The molecule has 1 saturated heterocycles. The highest BCUT2D eigenvalue weighted by molar-refractivity contribution is 5.94. The Hall–Kier alpha value is -2.31. The number of carbonyl (C=O) groups is 1. The van der Waals surface area contributed by atoms with E-state index in [0.29, 0.717) is 6.54 Å². The lowest BCUT2D eigenvalue weighted by Crippen LogP contribution is -2.30. The van der Waals surface area contributed by atoms with Crippen molar-refractivity contribution in [2.45, 2.75) is 18.9 Å². The van der Waals surface area contributed by atoms with E-state index in [1.165, 1.54) is 0 Å². The van der Waals surface area contributed by atoms with Gasteiger partial charge in [0.2, 0.25) is 0 Å². The number of carbonyl (C=O) groups excluding carboxylic acids is 1. The number of aryl methyl sites for hydroxylation is 1. The molecule has 1 amide bonds. The average Bonchev–Trinajstić information content (AvgIpc) is 3.11. The maximum atomic E-state index is 13.3. The fourth-order valence-electron chi connectivity index (χ4n) is 2.81. The van der Waals surface area contributed by atoms with Gasteiger partial charge in [-0.15, -0.1) is 0 Å². The Balaban J connectivity index is 1.91. The third kappa shape index (κ3) is 2.47. The van der Waals surface area contributed by atoms with Crippen molar-refractivity contribution in [3.05, 3.63) is 53.1 Å². The van der Waals surface area contributed by atoms with E-state index in [0.717, 1.165) is 30.5 Å². The molecule has 1 aromatic carbocycles. The molecule has 3 rings (SSSR count). The molecule has 116 valence electrons. The van der Waals surface area contributed by atoms with Crippen LogP contribution in [0, 0.1) is 17.5 Å². The van der Waals surface area contributed by atoms with Gasteiger partial charge < -0.3 is 4.90 Å². The number of amides is 1. The highest BCUT2D eigenvalue weighted by Gasteiger charge is 2.32. The second-order valence-electron chi connectivity index (χ2n) is 5.36. The molecular formula is C15H14F3N3O. The number of aromatic nitrogens is 2. The number of benzene rings is 1. The fraction of sp³-hybridized carbons (Fsp3) is 0.333. The van der Waals surface area contributed by atoms with Crippen LogP contribution in [0.1, 0.15) is 34.8 Å². The lowest BCUT2D eigenvalue weighted by atomic mass is 10.1. The molecule has 1 aromatic heterocycles. The van der Waals surface area contributed by atoms with Crippen molar-refractivity contribution in [2.24, 2.45) is 7.05 Å². The first-order chi connectivity index (χ1) is 10.5. The molecule has 1 atom stereocenters. The SMILES string of the molecule is Cn1cc(C2CCCN2C(=O)c2cc(F)c(F)c(F)c2)cn1. The van der Waals surface area contributed by atoms with E-state index >= 15 is 0 Å². The van der Waals surface area contributed by atoms with Crippen LogP contribution in [-0.4, -0.2) is 27.1 Å². The Kier molecular flexibility index (Phi) is 3.64. The third-order valence-corrected chi connectivity index (χ3v) is 3.85. The van der Waals surface area contributed by atoms with Crippen LogP contribution in [-0.2, 0) is 7.05 Å². The smallest absolute Gasteiger partial charge is 0.254 e. The molecule has 0 saturated carbocycles. The van der Waals surface area contributed by atoms with Crippen LogP contribution in [0.5, 0.6) is 0 Å². The Morgan fingerprint density at radius 3 is 2.55 bits per heavy atom.